The summed E-state index contributed by atoms with van der Waals surface area (Å²) in [5.41, 5.74) is -1.22. The van der Waals surface area contributed by atoms with E-state index < -0.39 is 41.1 Å². The number of nitrogens with zero attached hydrogens (tertiary/aromatic N) is 2. The topological polar surface area (TPSA) is 96.4 Å². The number of unbranched alkanes of at least 4 members (excludes halogenated alkanes) is 1. The highest BCUT2D eigenvalue weighted by Gasteiger charge is 2.80. The molecule has 1 N–H and O–H groups in total. The van der Waals surface area contributed by atoms with Crippen LogP contribution in [0.15, 0.2) is 55.6 Å². The van der Waals surface area contributed by atoms with E-state index >= 15 is 0 Å². The first kappa shape index (κ1) is 32.0. The molecular formula is C34H48N2O6. The number of carbonyl (C=O) groups excluding carboxylic acids is 3. The molecular weight excluding hydrogens is 532 g/mol. The van der Waals surface area contributed by atoms with Gasteiger partial charge in [0.1, 0.15) is 17.6 Å². The molecule has 2 amide bonds. The minimum atomic E-state index is -1.21. The van der Waals surface area contributed by atoms with Crippen LogP contribution in [0.4, 0.5) is 0 Å². The molecule has 0 aliphatic carbocycles. The summed E-state index contributed by atoms with van der Waals surface area (Å²) in [6.45, 7) is 15.8. The molecule has 8 heteroatoms. The fourth-order valence-electron chi connectivity index (χ4n) is 7.69. The van der Waals surface area contributed by atoms with Gasteiger partial charge in [0.05, 0.1) is 30.8 Å². The quantitative estimate of drug-likeness (QED) is 0.189. The van der Waals surface area contributed by atoms with E-state index in [2.05, 4.69) is 20.1 Å². The van der Waals surface area contributed by atoms with E-state index in [1.807, 2.05) is 51.1 Å². The fraction of sp³-hybridized carbons (Fsp3) is 0.618. The standard InChI is InChI=1S/C34H48N2O6/c1-7-10-14-19-41-32(40)28-27-30(38)36(26(22-37)20-25-16-12-11-13-17-25)29(34(27)21-23(4)33(28,6)42-34)31(39)35(18-9-3)24(5)15-8-2/h7,9,11-13,16-17,23-24,26-29,37H,1,3,8,10,14-15,18-22H2,2,4-6H3/t23?,24?,26-,27+,28+,29?,33-,34?/m1/s1. The van der Waals surface area contributed by atoms with E-state index in [1.165, 1.54) is 0 Å². The number of esters is 1. The SMILES string of the molecule is C=CCCCOC(=O)[C@@H]1[C@H]2C(=O)N([C@@H](CO)Cc3ccccc3)C(C(=O)N(CC=C)C(C)CCC)C23CC(C)[C@@]1(C)O3. The van der Waals surface area contributed by atoms with Gasteiger partial charge in [-0.25, -0.2) is 0 Å². The molecule has 42 heavy (non-hydrogen) atoms. The fourth-order valence-corrected chi connectivity index (χ4v) is 7.69. The molecule has 8 atom stereocenters. The van der Waals surface area contributed by atoms with Crippen molar-refractivity contribution >= 4 is 17.8 Å². The monoisotopic (exact) mass is 580 g/mol. The first-order chi connectivity index (χ1) is 20.1. The number of ether oxygens (including phenoxy) is 2. The van der Waals surface area contributed by atoms with Crippen molar-refractivity contribution in [3.05, 3.63) is 61.2 Å². The predicted octanol–water partition coefficient (Wildman–Crippen LogP) is 4.31. The Balaban J connectivity index is 1.80. The van der Waals surface area contributed by atoms with Crippen molar-refractivity contribution in [3.63, 3.8) is 0 Å². The van der Waals surface area contributed by atoms with Gasteiger partial charge in [0.25, 0.3) is 0 Å². The van der Waals surface area contributed by atoms with Crippen LogP contribution in [0.3, 0.4) is 0 Å². The Morgan fingerprint density at radius 2 is 1.98 bits per heavy atom. The molecule has 3 fully saturated rings. The van der Waals surface area contributed by atoms with Gasteiger partial charge in [0.2, 0.25) is 11.8 Å². The van der Waals surface area contributed by atoms with Gasteiger partial charge in [-0.1, -0.05) is 62.8 Å². The molecule has 0 radical (unpaired) electrons. The van der Waals surface area contributed by atoms with Crippen molar-refractivity contribution in [2.75, 3.05) is 19.8 Å². The highest BCUT2D eigenvalue weighted by molar-refractivity contribution is 5.99. The Labute approximate surface area is 250 Å². The summed E-state index contributed by atoms with van der Waals surface area (Å²) in [5.74, 6) is -2.84. The maximum absolute atomic E-state index is 14.7. The van der Waals surface area contributed by atoms with Crippen molar-refractivity contribution in [2.45, 2.75) is 95.5 Å². The summed E-state index contributed by atoms with van der Waals surface area (Å²) in [6, 6.07) is 7.88. The number of benzene rings is 1. The lowest BCUT2D eigenvalue weighted by atomic mass is 9.62. The highest BCUT2D eigenvalue weighted by atomic mass is 16.6. The zero-order chi connectivity index (χ0) is 30.7. The Bertz CT molecular complexity index is 1160. The summed E-state index contributed by atoms with van der Waals surface area (Å²) in [4.78, 5) is 46.4. The molecule has 0 saturated carbocycles. The summed E-state index contributed by atoms with van der Waals surface area (Å²) in [7, 11) is 0. The van der Waals surface area contributed by atoms with Crippen molar-refractivity contribution in [2.24, 2.45) is 17.8 Å². The molecule has 1 spiro atoms. The summed E-state index contributed by atoms with van der Waals surface area (Å²) >= 11 is 0. The van der Waals surface area contributed by atoms with Crippen LogP contribution in [-0.4, -0.2) is 81.8 Å². The van der Waals surface area contributed by atoms with Crippen molar-refractivity contribution in [1.29, 1.82) is 0 Å². The molecule has 2 bridgehead atoms. The Kier molecular flexibility index (Phi) is 9.99. The third kappa shape index (κ3) is 5.44. The average Bonchev–Trinajstić information content (AvgIpc) is 3.49. The first-order valence-corrected chi connectivity index (χ1v) is 15.5. The number of likely N-dealkylation sites (tertiary alicyclic amines) is 1. The number of fused-ring (bicyclic) bond motifs is 1. The molecule has 3 aliphatic heterocycles. The smallest absolute Gasteiger partial charge is 0.312 e. The molecule has 4 unspecified atom stereocenters. The molecule has 3 saturated heterocycles. The number of rotatable bonds is 15. The molecule has 0 aromatic heterocycles. The summed E-state index contributed by atoms with van der Waals surface area (Å²) in [6.07, 6.45) is 7.34. The Hall–Kier alpha value is -2.97. The zero-order valence-electron chi connectivity index (χ0n) is 25.7. The van der Waals surface area contributed by atoms with E-state index in [0.29, 0.717) is 32.2 Å². The predicted molar refractivity (Wildman–Crippen MR) is 161 cm³/mol. The van der Waals surface area contributed by atoms with Crippen LogP contribution in [0, 0.1) is 17.8 Å². The van der Waals surface area contributed by atoms with Crippen LogP contribution in [0.5, 0.6) is 0 Å². The number of allylic oxidation sites excluding steroid dienone is 1. The highest BCUT2D eigenvalue weighted by Crippen LogP contribution is 2.65. The lowest BCUT2D eigenvalue weighted by molar-refractivity contribution is -0.164. The van der Waals surface area contributed by atoms with E-state index in [0.717, 1.165) is 18.4 Å². The maximum Gasteiger partial charge on any atom is 0.312 e. The normalized spacial score (nSPS) is 31.0. The molecule has 1 aromatic carbocycles. The maximum atomic E-state index is 14.7. The molecule has 4 rings (SSSR count). The minimum absolute atomic E-state index is 0.0909. The molecule has 3 heterocycles. The minimum Gasteiger partial charge on any atom is -0.465 e. The van der Waals surface area contributed by atoms with Gasteiger partial charge in [-0.15, -0.1) is 13.2 Å². The second-order valence-electron chi connectivity index (χ2n) is 12.5. The number of hydrogen-bond acceptors (Lipinski definition) is 6. The molecule has 8 nitrogen and oxygen atoms in total. The number of carbonyl (C=O) groups is 3. The van der Waals surface area contributed by atoms with Crippen LogP contribution in [0.1, 0.15) is 65.4 Å². The Morgan fingerprint density at radius 1 is 1.26 bits per heavy atom. The van der Waals surface area contributed by atoms with E-state index in [-0.39, 0.29) is 37.0 Å². The van der Waals surface area contributed by atoms with Gasteiger partial charge < -0.3 is 24.4 Å². The molecule has 230 valence electrons. The Morgan fingerprint density at radius 3 is 2.60 bits per heavy atom. The number of hydrogen-bond donors (Lipinski definition) is 1. The van der Waals surface area contributed by atoms with Crippen LogP contribution in [0.25, 0.3) is 0 Å². The van der Waals surface area contributed by atoms with Gasteiger partial charge in [-0.05, 0) is 57.4 Å². The van der Waals surface area contributed by atoms with E-state index in [4.69, 9.17) is 9.47 Å². The van der Waals surface area contributed by atoms with Crippen molar-refractivity contribution < 1.29 is 29.0 Å². The number of aliphatic hydroxyl groups is 1. The third-order valence-corrected chi connectivity index (χ3v) is 9.80. The second kappa shape index (κ2) is 13.1. The van der Waals surface area contributed by atoms with Crippen LogP contribution >= 0.6 is 0 Å². The van der Waals surface area contributed by atoms with Gasteiger partial charge >= 0.3 is 5.97 Å². The van der Waals surface area contributed by atoms with Crippen molar-refractivity contribution in [3.8, 4) is 0 Å². The van der Waals surface area contributed by atoms with E-state index in [1.54, 1.807) is 22.0 Å². The van der Waals surface area contributed by atoms with Crippen LogP contribution < -0.4 is 0 Å². The lowest BCUT2D eigenvalue weighted by Crippen LogP contribution is -2.60. The molecule has 3 aliphatic rings. The largest absolute Gasteiger partial charge is 0.465 e. The summed E-state index contributed by atoms with van der Waals surface area (Å²) in [5, 5.41) is 10.7. The average molecular weight is 581 g/mol. The van der Waals surface area contributed by atoms with E-state index in [9.17, 15) is 19.5 Å². The van der Waals surface area contributed by atoms with Gasteiger partial charge in [-0.2, -0.15) is 0 Å². The third-order valence-electron chi connectivity index (χ3n) is 9.80. The second-order valence-corrected chi connectivity index (χ2v) is 12.5. The first-order valence-electron chi connectivity index (χ1n) is 15.5. The van der Waals surface area contributed by atoms with Gasteiger partial charge in [0.15, 0.2) is 0 Å². The van der Waals surface area contributed by atoms with Gasteiger partial charge in [0, 0.05) is 12.6 Å². The van der Waals surface area contributed by atoms with Crippen molar-refractivity contribution in [1.82, 2.24) is 9.80 Å². The number of aliphatic hydroxyl groups excluding tert-OH is 1. The zero-order valence-corrected chi connectivity index (χ0v) is 25.7. The van der Waals surface area contributed by atoms with Crippen LogP contribution in [0.2, 0.25) is 0 Å². The molecule has 1 aromatic rings. The van der Waals surface area contributed by atoms with Gasteiger partial charge in [-0.3, -0.25) is 14.4 Å². The number of amides is 2. The summed E-state index contributed by atoms with van der Waals surface area (Å²) < 4.78 is 12.6. The lowest BCUT2D eigenvalue weighted by Gasteiger charge is -2.41. The van der Waals surface area contributed by atoms with Crippen LogP contribution in [-0.2, 0) is 30.3 Å².